The molecule has 0 spiro atoms. The molecule has 1 aromatic heterocycles. The van der Waals surface area contributed by atoms with Crippen molar-refractivity contribution in [2.75, 3.05) is 6.54 Å². The zero-order chi connectivity index (χ0) is 13.3. The summed E-state index contributed by atoms with van der Waals surface area (Å²) >= 11 is 1.81. The van der Waals surface area contributed by atoms with E-state index in [1.807, 2.05) is 16.2 Å². The van der Waals surface area contributed by atoms with E-state index in [2.05, 4.69) is 11.4 Å². The topological polar surface area (TPSA) is 46.3 Å². The number of thiophene rings is 1. The van der Waals surface area contributed by atoms with Crippen molar-refractivity contribution >= 4 is 17.2 Å². The monoisotopic (exact) mass is 278 g/mol. The largest absolute Gasteiger partial charge is 0.338 e. The molecule has 0 bridgehead atoms. The third kappa shape index (κ3) is 2.84. The van der Waals surface area contributed by atoms with E-state index in [9.17, 15) is 4.79 Å². The molecule has 104 valence electrons. The zero-order valence-electron chi connectivity index (χ0n) is 11.4. The first-order valence-corrected chi connectivity index (χ1v) is 8.16. The van der Waals surface area contributed by atoms with Gasteiger partial charge in [-0.15, -0.1) is 11.3 Å². The second-order valence-corrected chi connectivity index (χ2v) is 7.03. The third-order valence-electron chi connectivity index (χ3n) is 4.51. The number of nitrogens with zero attached hydrogens (tertiary/aromatic N) is 1. The van der Waals surface area contributed by atoms with Crippen LogP contribution in [0, 0.1) is 0 Å². The Balaban J connectivity index is 1.62. The number of nitrogens with two attached hydrogens (primary N) is 1. The Morgan fingerprint density at radius 1 is 1.37 bits per heavy atom. The first kappa shape index (κ1) is 13.1. The quantitative estimate of drug-likeness (QED) is 0.904. The van der Waals surface area contributed by atoms with Gasteiger partial charge in [-0.2, -0.15) is 0 Å². The molecule has 2 aliphatic rings. The molecule has 1 saturated carbocycles. The van der Waals surface area contributed by atoms with Gasteiger partial charge in [-0.3, -0.25) is 4.79 Å². The second-order valence-electron chi connectivity index (χ2n) is 6.03. The van der Waals surface area contributed by atoms with Gasteiger partial charge in [0.1, 0.15) is 0 Å². The van der Waals surface area contributed by atoms with Gasteiger partial charge in [0.25, 0.3) is 0 Å². The van der Waals surface area contributed by atoms with Gasteiger partial charge in [-0.1, -0.05) is 19.3 Å². The van der Waals surface area contributed by atoms with Crippen LogP contribution in [0.15, 0.2) is 11.4 Å². The van der Waals surface area contributed by atoms with Crippen LogP contribution < -0.4 is 5.73 Å². The van der Waals surface area contributed by atoms with Crippen LogP contribution in [-0.4, -0.2) is 22.9 Å². The van der Waals surface area contributed by atoms with E-state index in [0.717, 1.165) is 32.4 Å². The summed E-state index contributed by atoms with van der Waals surface area (Å²) in [7, 11) is 0. The Labute approximate surface area is 118 Å². The van der Waals surface area contributed by atoms with Crippen molar-refractivity contribution < 1.29 is 4.79 Å². The molecule has 0 aromatic carbocycles. The molecule has 19 heavy (non-hydrogen) atoms. The molecular weight excluding hydrogens is 256 g/mol. The highest BCUT2D eigenvalue weighted by molar-refractivity contribution is 7.10. The van der Waals surface area contributed by atoms with E-state index in [4.69, 9.17) is 5.73 Å². The van der Waals surface area contributed by atoms with E-state index in [1.54, 1.807) is 0 Å². The smallest absolute Gasteiger partial charge is 0.224 e. The van der Waals surface area contributed by atoms with Gasteiger partial charge in [0.15, 0.2) is 0 Å². The van der Waals surface area contributed by atoms with Gasteiger partial charge in [-0.05, 0) is 36.3 Å². The lowest BCUT2D eigenvalue weighted by atomic mass is 9.80. The van der Waals surface area contributed by atoms with Crippen LogP contribution in [0.2, 0.25) is 0 Å². The Morgan fingerprint density at radius 2 is 2.16 bits per heavy atom. The van der Waals surface area contributed by atoms with E-state index in [-0.39, 0.29) is 11.4 Å². The summed E-state index contributed by atoms with van der Waals surface area (Å²) in [6.45, 7) is 1.65. The number of carbonyl (C=O) groups is 1. The molecule has 0 atom stereocenters. The molecule has 0 unspecified atom stereocenters. The van der Waals surface area contributed by atoms with Crippen LogP contribution in [0.25, 0.3) is 0 Å². The van der Waals surface area contributed by atoms with Gasteiger partial charge in [-0.25, -0.2) is 0 Å². The van der Waals surface area contributed by atoms with Crippen LogP contribution in [0.3, 0.4) is 0 Å². The first-order chi connectivity index (χ1) is 9.16. The minimum atomic E-state index is -0.232. The van der Waals surface area contributed by atoms with E-state index in [0.29, 0.717) is 6.42 Å². The minimum Gasteiger partial charge on any atom is -0.338 e. The molecule has 1 aliphatic carbocycles. The highest BCUT2D eigenvalue weighted by Gasteiger charge is 2.32. The van der Waals surface area contributed by atoms with Crippen molar-refractivity contribution in [1.29, 1.82) is 0 Å². The fraction of sp³-hybridized carbons (Fsp3) is 0.667. The molecule has 2 N–H and O–H groups in total. The number of hydrogen-bond donors (Lipinski definition) is 1. The number of fused-ring (bicyclic) bond motifs is 1. The van der Waals surface area contributed by atoms with Crippen molar-refractivity contribution in [1.82, 2.24) is 4.90 Å². The summed E-state index contributed by atoms with van der Waals surface area (Å²) in [5.41, 5.74) is 7.50. The minimum absolute atomic E-state index is 0.232. The van der Waals surface area contributed by atoms with Gasteiger partial charge in [0.05, 0.1) is 0 Å². The number of amides is 1. The highest BCUT2D eigenvalue weighted by Crippen LogP contribution is 2.30. The van der Waals surface area contributed by atoms with Gasteiger partial charge < -0.3 is 10.6 Å². The predicted octanol–water partition coefficient (Wildman–Crippen LogP) is 2.68. The Morgan fingerprint density at radius 3 is 2.95 bits per heavy atom. The Bertz CT molecular complexity index is 462. The lowest BCUT2D eigenvalue weighted by Gasteiger charge is -2.36. The maximum absolute atomic E-state index is 12.5. The predicted molar refractivity (Wildman–Crippen MR) is 78.1 cm³/mol. The second kappa shape index (κ2) is 5.25. The number of rotatable bonds is 2. The fourth-order valence-electron chi connectivity index (χ4n) is 3.31. The van der Waals surface area contributed by atoms with Crippen molar-refractivity contribution in [3.63, 3.8) is 0 Å². The lowest BCUT2D eigenvalue weighted by Crippen LogP contribution is -2.47. The summed E-state index contributed by atoms with van der Waals surface area (Å²) in [5.74, 6) is 0.251. The summed E-state index contributed by atoms with van der Waals surface area (Å²) in [5, 5.41) is 2.13. The maximum atomic E-state index is 12.5. The van der Waals surface area contributed by atoms with E-state index < -0.39 is 0 Å². The molecule has 1 aliphatic heterocycles. The molecule has 1 fully saturated rings. The van der Waals surface area contributed by atoms with E-state index in [1.165, 1.54) is 29.7 Å². The summed E-state index contributed by atoms with van der Waals surface area (Å²) < 4.78 is 0. The van der Waals surface area contributed by atoms with Crippen molar-refractivity contribution in [3.05, 3.63) is 21.9 Å². The van der Waals surface area contributed by atoms with Gasteiger partial charge in [0, 0.05) is 29.9 Å². The number of carbonyl (C=O) groups excluding carboxylic acids is 1. The zero-order valence-corrected chi connectivity index (χ0v) is 12.2. The van der Waals surface area contributed by atoms with Crippen LogP contribution >= 0.6 is 11.3 Å². The molecule has 4 heteroatoms. The standard InChI is InChI=1S/C15H22N2OS/c16-15(6-2-1-3-7-15)10-14(18)17-8-4-13-12(11-17)5-9-19-13/h5,9H,1-4,6-8,10-11,16H2. The first-order valence-electron chi connectivity index (χ1n) is 7.28. The van der Waals surface area contributed by atoms with Crippen LogP contribution in [0.4, 0.5) is 0 Å². The van der Waals surface area contributed by atoms with Crippen molar-refractivity contribution in [3.8, 4) is 0 Å². The molecule has 3 rings (SSSR count). The third-order valence-corrected chi connectivity index (χ3v) is 5.54. The highest BCUT2D eigenvalue weighted by atomic mass is 32.1. The Hall–Kier alpha value is -0.870. The Kier molecular flexibility index (Phi) is 3.63. The van der Waals surface area contributed by atoms with Crippen LogP contribution in [0.5, 0.6) is 0 Å². The molecule has 1 aromatic rings. The molecule has 3 nitrogen and oxygen atoms in total. The average Bonchev–Trinajstić information content (AvgIpc) is 2.86. The van der Waals surface area contributed by atoms with Crippen LogP contribution in [-0.2, 0) is 17.8 Å². The maximum Gasteiger partial charge on any atom is 0.224 e. The van der Waals surface area contributed by atoms with Crippen molar-refractivity contribution in [2.45, 2.75) is 57.0 Å². The van der Waals surface area contributed by atoms with E-state index >= 15 is 0 Å². The van der Waals surface area contributed by atoms with Gasteiger partial charge >= 0.3 is 0 Å². The molecule has 0 saturated heterocycles. The van der Waals surface area contributed by atoms with Crippen molar-refractivity contribution in [2.24, 2.45) is 5.73 Å². The summed E-state index contributed by atoms with van der Waals surface area (Å²) in [6, 6.07) is 2.15. The van der Waals surface area contributed by atoms with Crippen LogP contribution in [0.1, 0.15) is 49.0 Å². The van der Waals surface area contributed by atoms with Gasteiger partial charge in [0.2, 0.25) is 5.91 Å². The molecule has 1 amide bonds. The summed E-state index contributed by atoms with van der Waals surface area (Å²) in [4.78, 5) is 15.9. The average molecular weight is 278 g/mol. The lowest BCUT2D eigenvalue weighted by molar-refractivity contribution is -0.133. The SMILES string of the molecule is NC1(CC(=O)N2CCc3sccc3C2)CCCCC1. The fourth-order valence-corrected chi connectivity index (χ4v) is 4.20. The summed E-state index contributed by atoms with van der Waals surface area (Å²) in [6.07, 6.45) is 7.20. The molecule has 2 heterocycles. The number of hydrogen-bond acceptors (Lipinski definition) is 3. The normalized spacial score (nSPS) is 22.1. The molecule has 0 radical (unpaired) electrons. The molecular formula is C15H22N2OS.